The van der Waals surface area contributed by atoms with Gasteiger partial charge in [0.1, 0.15) is 16.1 Å². The van der Waals surface area contributed by atoms with Crippen molar-refractivity contribution in [2.24, 2.45) is 4.99 Å². The van der Waals surface area contributed by atoms with E-state index in [-0.39, 0.29) is 22.1 Å². The second kappa shape index (κ2) is 8.43. The van der Waals surface area contributed by atoms with Crippen LogP contribution in [0, 0.1) is 18.2 Å². The number of halogens is 1. The lowest BCUT2D eigenvalue weighted by Crippen LogP contribution is -2.47. The van der Waals surface area contributed by atoms with Gasteiger partial charge in [0.15, 0.2) is 4.80 Å². The Balaban J connectivity index is 1.77. The van der Waals surface area contributed by atoms with Crippen LogP contribution in [0.1, 0.15) is 19.3 Å². The summed E-state index contributed by atoms with van der Waals surface area (Å²) in [5.74, 6) is 1.45. The molecule has 0 saturated carbocycles. The summed E-state index contributed by atoms with van der Waals surface area (Å²) in [4.78, 5) is 17.6. The first-order valence-corrected chi connectivity index (χ1v) is 12.4. The molecule has 0 N–H and O–H groups in total. The van der Waals surface area contributed by atoms with Crippen molar-refractivity contribution in [3.05, 3.63) is 46.3 Å². The van der Waals surface area contributed by atoms with Crippen molar-refractivity contribution in [1.29, 1.82) is 0 Å². The number of para-hydroxylation sites is 1. The van der Waals surface area contributed by atoms with Gasteiger partial charge in [0.05, 0.1) is 16.8 Å². The second-order valence-corrected chi connectivity index (χ2v) is 10.8. The van der Waals surface area contributed by atoms with Crippen LogP contribution in [0.5, 0.6) is 0 Å². The monoisotopic (exact) mass is 463 g/mol. The van der Waals surface area contributed by atoms with Crippen LogP contribution in [-0.4, -0.2) is 35.8 Å². The molecule has 1 aliphatic heterocycles. The highest BCUT2D eigenvalue weighted by Crippen LogP contribution is 2.28. The molecule has 0 aliphatic carbocycles. The number of piperidine rings is 1. The van der Waals surface area contributed by atoms with Crippen LogP contribution in [0.25, 0.3) is 10.2 Å². The number of rotatable bonds is 4. The molecule has 10 heteroatoms. The zero-order chi connectivity index (χ0) is 21.3. The summed E-state index contributed by atoms with van der Waals surface area (Å²) in [6.07, 6.45) is 7.24. The minimum Gasteiger partial charge on any atom is -0.302 e. The number of thiophene rings is 1. The number of aromatic nitrogens is 1. The van der Waals surface area contributed by atoms with Gasteiger partial charge in [-0.05, 0) is 36.4 Å². The van der Waals surface area contributed by atoms with Crippen LogP contribution in [-0.2, 0) is 21.4 Å². The number of fused-ring (bicyclic) bond motifs is 1. The molecule has 1 aromatic carbocycles. The second-order valence-electron chi connectivity index (χ2n) is 6.77. The predicted octanol–water partition coefficient (Wildman–Crippen LogP) is 3.21. The molecule has 1 unspecified atom stereocenters. The fourth-order valence-electron chi connectivity index (χ4n) is 3.54. The number of carbonyl (C=O) groups is 1. The summed E-state index contributed by atoms with van der Waals surface area (Å²) in [5, 5.41) is 1.69. The molecule has 0 spiro atoms. The highest BCUT2D eigenvalue weighted by molar-refractivity contribution is 7.91. The average molecular weight is 464 g/mol. The SMILES string of the molecule is C#CCn1c(=NC(=O)C2CCCCN2S(=O)(=O)c2cccs2)sc2cccc(F)c21. The Kier molecular flexibility index (Phi) is 5.88. The van der Waals surface area contributed by atoms with Gasteiger partial charge in [0.25, 0.3) is 15.9 Å². The molecule has 1 aliphatic rings. The summed E-state index contributed by atoms with van der Waals surface area (Å²) in [6, 6.07) is 6.94. The predicted molar refractivity (Wildman–Crippen MR) is 115 cm³/mol. The van der Waals surface area contributed by atoms with Crippen LogP contribution in [0.15, 0.2) is 44.9 Å². The van der Waals surface area contributed by atoms with Crippen molar-refractivity contribution < 1.29 is 17.6 Å². The topological polar surface area (TPSA) is 71.7 Å². The fourth-order valence-corrected chi connectivity index (χ4v) is 7.36. The Hall–Kier alpha value is -2.32. The molecule has 3 aromatic rings. The lowest BCUT2D eigenvalue weighted by Gasteiger charge is -2.31. The van der Waals surface area contributed by atoms with E-state index in [4.69, 9.17) is 6.42 Å². The number of hydrogen-bond acceptors (Lipinski definition) is 5. The first-order valence-electron chi connectivity index (χ1n) is 9.28. The van der Waals surface area contributed by atoms with Gasteiger partial charge in [-0.2, -0.15) is 9.30 Å². The number of amides is 1. The van der Waals surface area contributed by atoms with E-state index in [1.54, 1.807) is 23.6 Å². The Morgan fingerprint density at radius 3 is 2.87 bits per heavy atom. The molecule has 0 bridgehead atoms. The maximum Gasteiger partial charge on any atom is 0.266 e. The maximum atomic E-state index is 14.4. The molecule has 0 radical (unpaired) electrons. The number of sulfonamides is 1. The molecular formula is C20H18FN3O3S3. The van der Waals surface area contributed by atoms with Crippen LogP contribution < -0.4 is 4.80 Å². The van der Waals surface area contributed by atoms with Crippen molar-refractivity contribution in [3.8, 4) is 12.3 Å². The van der Waals surface area contributed by atoms with Crippen LogP contribution in [0.2, 0.25) is 0 Å². The van der Waals surface area contributed by atoms with E-state index >= 15 is 0 Å². The van der Waals surface area contributed by atoms with E-state index in [0.29, 0.717) is 23.1 Å². The first-order chi connectivity index (χ1) is 14.4. The standard InChI is InChI=1S/C20H18FN3O3S3/c1-2-11-23-18-14(21)7-5-9-16(18)29-20(23)22-19(25)15-8-3-4-12-24(15)30(26,27)17-10-6-13-28-17/h1,5-7,9-10,13,15H,3-4,8,11-12H2. The number of hydrogen-bond donors (Lipinski definition) is 0. The summed E-state index contributed by atoms with van der Waals surface area (Å²) < 4.78 is 44.0. The number of benzene rings is 1. The van der Waals surface area contributed by atoms with E-state index in [0.717, 1.165) is 29.1 Å². The van der Waals surface area contributed by atoms with Crippen molar-refractivity contribution in [2.75, 3.05) is 6.54 Å². The number of terminal acetylenes is 1. The third kappa shape index (κ3) is 3.74. The smallest absolute Gasteiger partial charge is 0.266 e. The molecule has 1 saturated heterocycles. The number of carbonyl (C=O) groups excluding carboxylic acids is 1. The van der Waals surface area contributed by atoms with Gasteiger partial charge in [-0.3, -0.25) is 4.79 Å². The Morgan fingerprint density at radius 1 is 1.30 bits per heavy atom. The van der Waals surface area contributed by atoms with E-state index in [1.807, 2.05) is 0 Å². The maximum absolute atomic E-state index is 14.4. The minimum absolute atomic E-state index is 0.0505. The number of nitrogens with zero attached hydrogens (tertiary/aromatic N) is 3. The highest BCUT2D eigenvalue weighted by Gasteiger charge is 2.38. The van der Waals surface area contributed by atoms with Gasteiger partial charge in [0.2, 0.25) is 0 Å². The molecule has 3 heterocycles. The Morgan fingerprint density at radius 2 is 2.13 bits per heavy atom. The third-order valence-electron chi connectivity index (χ3n) is 4.90. The van der Waals surface area contributed by atoms with Crippen molar-refractivity contribution in [3.63, 3.8) is 0 Å². The van der Waals surface area contributed by atoms with E-state index in [1.165, 1.54) is 21.0 Å². The molecule has 1 fully saturated rings. The summed E-state index contributed by atoms with van der Waals surface area (Å²) in [5.41, 5.74) is 0.290. The largest absolute Gasteiger partial charge is 0.302 e. The molecular weight excluding hydrogens is 445 g/mol. The molecule has 6 nitrogen and oxygen atoms in total. The van der Waals surface area contributed by atoms with Crippen molar-refractivity contribution >= 4 is 48.8 Å². The van der Waals surface area contributed by atoms with Crippen molar-refractivity contribution in [2.45, 2.75) is 36.1 Å². The minimum atomic E-state index is -3.78. The van der Waals surface area contributed by atoms with Gasteiger partial charge >= 0.3 is 0 Å². The summed E-state index contributed by atoms with van der Waals surface area (Å²) in [6.45, 7) is 0.312. The molecule has 2 aromatic heterocycles. The van der Waals surface area contributed by atoms with Gasteiger partial charge in [0, 0.05) is 6.54 Å². The van der Waals surface area contributed by atoms with Crippen LogP contribution >= 0.6 is 22.7 Å². The van der Waals surface area contributed by atoms with E-state index < -0.39 is 27.8 Å². The lowest BCUT2D eigenvalue weighted by molar-refractivity contribution is -0.122. The molecule has 1 amide bonds. The average Bonchev–Trinajstić information content (AvgIpc) is 3.38. The van der Waals surface area contributed by atoms with Gasteiger partial charge < -0.3 is 4.57 Å². The van der Waals surface area contributed by atoms with E-state index in [9.17, 15) is 17.6 Å². The normalized spacial score (nSPS) is 18.5. The molecule has 156 valence electrons. The lowest BCUT2D eigenvalue weighted by atomic mass is 10.0. The third-order valence-corrected chi connectivity index (χ3v) is 9.23. The highest BCUT2D eigenvalue weighted by atomic mass is 32.2. The Bertz CT molecular complexity index is 1300. The number of thiazole rings is 1. The first kappa shape index (κ1) is 20.9. The fraction of sp³-hybridized carbons (Fsp3) is 0.300. The van der Waals surface area contributed by atoms with Crippen molar-refractivity contribution in [1.82, 2.24) is 8.87 Å². The van der Waals surface area contributed by atoms with Crippen LogP contribution in [0.3, 0.4) is 0 Å². The zero-order valence-electron chi connectivity index (χ0n) is 15.8. The van der Waals surface area contributed by atoms with E-state index in [2.05, 4.69) is 10.9 Å². The molecule has 1 atom stereocenters. The van der Waals surface area contributed by atoms with Gasteiger partial charge in [-0.15, -0.1) is 17.8 Å². The molecule has 30 heavy (non-hydrogen) atoms. The molecule has 4 rings (SSSR count). The quantitative estimate of drug-likeness (QED) is 0.558. The zero-order valence-corrected chi connectivity index (χ0v) is 18.3. The van der Waals surface area contributed by atoms with Gasteiger partial charge in [-0.25, -0.2) is 12.8 Å². The van der Waals surface area contributed by atoms with Gasteiger partial charge in [-0.1, -0.05) is 35.8 Å². The Labute approximate surface area is 181 Å². The summed E-state index contributed by atoms with van der Waals surface area (Å²) >= 11 is 2.27. The van der Waals surface area contributed by atoms with Crippen LogP contribution in [0.4, 0.5) is 4.39 Å². The summed E-state index contributed by atoms with van der Waals surface area (Å²) in [7, 11) is -3.78.